The number of aryl methyl sites for hydroxylation is 1. The number of nitrogens with zero attached hydrogens (tertiary/aromatic N) is 2. The second-order valence-electron chi connectivity index (χ2n) is 3.83. The lowest BCUT2D eigenvalue weighted by Gasteiger charge is -2.11. The highest BCUT2D eigenvalue weighted by atomic mass is 16.5. The van der Waals surface area contributed by atoms with Crippen LogP contribution in [0.25, 0.3) is 0 Å². The number of aromatic nitrogens is 2. The van der Waals surface area contributed by atoms with Crippen LogP contribution in [0.15, 0.2) is 22.6 Å². The topological polar surface area (TPSA) is 83.7 Å². The molecule has 0 N–H and O–H groups in total. The number of hydrogen-bond donors (Lipinski definition) is 0. The number of carbonyl (C=O) groups excluding carboxylic acids is 1. The van der Waals surface area contributed by atoms with E-state index in [2.05, 4.69) is 10.2 Å². The Morgan fingerprint density at radius 1 is 1.20 bits per heavy atom. The second-order valence-corrected chi connectivity index (χ2v) is 3.83. The first-order valence-electron chi connectivity index (χ1n) is 5.82. The molecule has 1 aromatic carbocycles. The standard InChI is InChI=1S/C13H14N2O5/c1-8-14-15-11(20-8)7-19-13(16)12-9(17-2)5-4-6-10(12)18-3/h4-6H,7H2,1-3H3. The second kappa shape index (κ2) is 6.05. The highest BCUT2D eigenvalue weighted by molar-refractivity contribution is 5.95. The molecule has 0 saturated carbocycles. The van der Waals surface area contributed by atoms with Gasteiger partial charge in [-0.25, -0.2) is 4.79 Å². The van der Waals surface area contributed by atoms with E-state index in [4.69, 9.17) is 18.6 Å². The summed E-state index contributed by atoms with van der Waals surface area (Å²) in [6.07, 6.45) is 0. The van der Waals surface area contributed by atoms with Gasteiger partial charge in [0.2, 0.25) is 5.89 Å². The first-order chi connectivity index (χ1) is 9.65. The average molecular weight is 278 g/mol. The number of benzene rings is 1. The molecule has 7 heteroatoms. The summed E-state index contributed by atoms with van der Waals surface area (Å²) in [7, 11) is 2.93. The summed E-state index contributed by atoms with van der Waals surface area (Å²) < 4.78 is 20.5. The monoisotopic (exact) mass is 278 g/mol. The van der Waals surface area contributed by atoms with Crippen LogP contribution in [0.4, 0.5) is 0 Å². The molecular formula is C13H14N2O5. The van der Waals surface area contributed by atoms with Crippen molar-refractivity contribution < 1.29 is 23.4 Å². The van der Waals surface area contributed by atoms with Gasteiger partial charge in [0.25, 0.3) is 5.89 Å². The zero-order chi connectivity index (χ0) is 14.5. The predicted molar refractivity (Wildman–Crippen MR) is 67.7 cm³/mol. The SMILES string of the molecule is COc1cccc(OC)c1C(=O)OCc1nnc(C)o1. The van der Waals surface area contributed by atoms with E-state index < -0.39 is 5.97 Å². The smallest absolute Gasteiger partial charge is 0.346 e. The fraction of sp³-hybridized carbons (Fsp3) is 0.308. The molecule has 20 heavy (non-hydrogen) atoms. The Morgan fingerprint density at radius 3 is 2.35 bits per heavy atom. The predicted octanol–water partition coefficient (Wildman–Crippen LogP) is 1.75. The normalized spacial score (nSPS) is 10.2. The van der Waals surface area contributed by atoms with Gasteiger partial charge in [-0.1, -0.05) is 6.07 Å². The van der Waals surface area contributed by atoms with Gasteiger partial charge in [0.15, 0.2) is 6.61 Å². The molecule has 0 aliphatic rings. The molecule has 0 amide bonds. The minimum Gasteiger partial charge on any atom is -0.496 e. The van der Waals surface area contributed by atoms with Crippen LogP contribution in [0.2, 0.25) is 0 Å². The number of methoxy groups -OCH3 is 2. The van der Waals surface area contributed by atoms with Crippen molar-refractivity contribution in [1.29, 1.82) is 0 Å². The Bertz CT molecular complexity index is 586. The minimum absolute atomic E-state index is 0.110. The molecule has 0 spiro atoms. The molecule has 7 nitrogen and oxygen atoms in total. The van der Waals surface area contributed by atoms with Gasteiger partial charge in [-0.2, -0.15) is 0 Å². The Kier molecular flexibility index (Phi) is 4.19. The molecule has 0 fully saturated rings. The largest absolute Gasteiger partial charge is 0.496 e. The molecule has 0 saturated heterocycles. The van der Waals surface area contributed by atoms with E-state index in [-0.39, 0.29) is 18.1 Å². The summed E-state index contributed by atoms with van der Waals surface area (Å²) in [4.78, 5) is 12.1. The van der Waals surface area contributed by atoms with Crippen LogP contribution in [0.5, 0.6) is 11.5 Å². The summed E-state index contributed by atoms with van der Waals surface area (Å²) in [6.45, 7) is 1.54. The van der Waals surface area contributed by atoms with E-state index in [0.717, 1.165) is 0 Å². The van der Waals surface area contributed by atoms with E-state index in [1.54, 1.807) is 25.1 Å². The summed E-state index contributed by atoms with van der Waals surface area (Å²) in [5.41, 5.74) is 0.216. The molecule has 106 valence electrons. The van der Waals surface area contributed by atoms with Gasteiger partial charge in [0.05, 0.1) is 14.2 Å². The number of esters is 1. The fourth-order valence-electron chi connectivity index (χ4n) is 1.65. The molecule has 0 bridgehead atoms. The molecule has 2 rings (SSSR count). The van der Waals surface area contributed by atoms with Gasteiger partial charge in [-0.15, -0.1) is 10.2 Å². The lowest BCUT2D eigenvalue weighted by molar-refractivity contribution is 0.0429. The molecule has 1 heterocycles. The van der Waals surface area contributed by atoms with Crippen LogP contribution >= 0.6 is 0 Å². The number of ether oxygens (including phenoxy) is 3. The highest BCUT2D eigenvalue weighted by Crippen LogP contribution is 2.29. The lowest BCUT2D eigenvalue weighted by atomic mass is 10.2. The average Bonchev–Trinajstić information content (AvgIpc) is 2.89. The summed E-state index contributed by atoms with van der Waals surface area (Å²) in [6, 6.07) is 5.02. The Labute approximate surface area is 115 Å². The van der Waals surface area contributed by atoms with Crippen molar-refractivity contribution >= 4 is 5.97 Å². The number of carbonyl (C=O) groups is 1. The van der Waals surface area contributed by atoms with Gasteiger partial charge >= 0.3 is 5.97 Å². The molecule has 0 aliphatic carbocycles. The van der Waals surface area contributed by atoms with Crippen LogP contribution in [-0.4, -0.2) is 30.4 Å². The third kappa shape index (κ3) is 2.87. The number of rotatable bonds is 5. The third-order valence-electron chi connectivity index (χ3n) is 2.53. The first kappa shape index (κ1) is 13.9. The Balaban J connectivity index is 2.16. The van der Waals surface area contributed by atoms with Crippen LogP contribution in [0.3, 0.4) is 0 Å². The molecule has 0 unspecified atom stereocenters. The van der Waals surface area contributed by atoms with E-state index in [1.807, 2.05) is 0 Å². The molecule has 0 aliphatic heterocycles. The van der Waals surface area contributed by atoms with Crippen molar-refractivity contribution in [2.45, 2.75) is 13.5 Å². The van der Waals surface area contributed by atoms with Gasteiger partial charge < -0.3 is 18.6 Å². The lowest BCUT2D eigenvalue weighted by Crippen LogP contribution is -2.09. The van der Waals surface area contributed by atoms with Gasteiger partial charge in [-0.05, 0) is 12.1 Å². The van der Waals surface area contributed by atoms with Crippen molar-refractivity contribution in [2.75, 3.05) is 14.2 Å². The van der Waals surface area contributed by atoms with Crippen molar-refractivity contribution in [3.05, 3.63) is 35.5 Å². The van der Waals surface area contributed by atoms with Gasteiger partial charge in [0.1, 0.15) is 17.1 Å². The molecule has 0 radical (unpaired) electrons. The maximum atomic E-state index is 12.1. The van der Waals surface area contributed by atoms with Crippen LogP contribution in [0.1, 0.15) is 22.1 Å². The molecule has 0 atom stereocenters. The zero-order valence-electron chi connectivity index (χ0n) is 11.4. The summed E-state index contributed by atoms with van der Waals surface area (Å²) in [5.74, 6) is 0.790. The van der Waals surface area contributed by atoms with E-state index in [0.29, 0.717) is 17.4 Å². The molecule has 2 aromatic rings. The quantitative estimate of drug-likeness (QED) is 0.770. The van der Waals surface area contributed by atoms with Crippen LogP contribution < -0.4 is 9.47 Å². The Hall–Kier alpha value is -2.57. The molecular weight excluding hydrogens is 264 g/mol. The van der Waals surface area contributed by atoms with E-state index in [1.165, 1.54) is 14.2 Å². The van der Waals surface area contributed by atoms with E-state index in [9.17, 15) is 4.79 Å². The van der Waals surface area contributed by atoms with Gasteiger partial charge in [0, 0.05) is 6.92 Å². The summed E-state index contributed by atoms with van der Waals surface area (Å²) >= 11 is 0. The zero-order valence-corrected chi connectivity index (χ0v) is 11.4. The fourth-order valence-corrected chi connectivity index (χ4v) is 1.65. The third-order valence-corrected chi connectivity index (χ3v) is 2.53. The maximum Gasteiger partial charge on any atom is 0.346 e. The summed E-state index contributed by atoms with van der Waals surface area (Å²) in [5, 5.41) is 7.39. The van der Waals surface area contributed by atoms with Crippen molar-refractivity contribution in [2.24, 2.45) is 0 Å². The first-order valence-corrected chi connectivity index (χ1v) is 5.82. The van der Waals surface area contributed by atoms with Crippen molar-refractivity contribution in [1.82, 2.24) is 10.2 Å². The van der Waals surface area contributed by atoms with Crippen molar-refractivity contribution in [3.63, 3.8) is 0 Å². The van der Waals surface area contributed by atoms with Crippen LogP contribution in [0, 0.1) is 6.92 Å². The van der Waals surface area contributed by atoms with Crippen LogP contribution in [-0.2, 0) is 11.3 Å². The van der Waals surface area contributed by atoms with E-state index >= 15 is 0 Å². The maximum absolute atomic E-state index is 12.1. The van der Waals surface area contributed by atoms with Crippen molar-refractivity contribution in [3.8, 4) is 11.5 Å². The Morgan fingerprint density at radius 2 is 1.85 bits per heavy atom. The van der Waals surface area contributed by atoms with Gasteiger partial charge in [-0.3, -0.25) is 0 Å². The number of hydrogen-bond acceptors (Lipinski definition) is 7. The molecule has 1 aromatic heterocycles. The minimum atomic E-state index is -0.588. The highest BCUT2D eigenvalue weighted by Gasteiger charge is 2.20.